The number of piperidine rings is 1. The number of nitrogens with zero attached hydrogens (tertiary/aromatic N) is 1. The van der Waals surface area contributed by atoms with E-state index in [0.717, 1.165) is 6.07 Å². The zero-order valence-corrected chi connectivity index (χ0v) is 13.5. The third kappa shape index (κ3) is 4.66. The molecule has 0 atom stereocenters. The van der Waals surface area contributed by atoms with Crippen molar-refractivity contribution in [3.05, 3.63) is 29.8 Å². The second-order valence-electron chi connectivity index (χ2n) is 6.01. The van der Waals surface area contributed by atoms with Crippen molar-refractivity contribution in [3.63, 3.8) is 0 Å². The summed E-state index contributed by atoms with van der Waals surface area (Å²) < 4.78 is 41.5. The lowest BCUT2D eigenvalue weighted by Crippen LogP contribution is -2.52. The van der Waals surface area contributed by atoms with Crippen molar-refractivity contribution in [2.45, 2.75) is 31.5 Å². The fraction of sp³-hybridized carbons (Fsp3) is 0.412. The summed E-state index contributed by atoms with van der Waals surface area (Å²) in [6.07, 6.45) is 1.37. The van der Waals surface area contributed by atoms with E-state index >= 15 is 0 Å². The lowest BCUT2D eigenvalue weighted by molar-refractivity contribution is -0.189. The number of halogens is 3. The number of para-hydroxylation sites is 1. The van der Waals surface area contributed by atoms with Gasteiger partial charge in [-0.2, -0.15) is 13.2 Å². The number of alkyl halides is 3. The van der Waals surface area contributed by atoms with Gasteiger partial charge in [-0.05, 0) is 31.9 Å². The molecule has 1 aromatic rings. The molecule has 25 heavy (non-hydrogen) atoms. The van der Waals surface area contributed by atoms with Gasteiger partial charge in [-0.15, -0.1) is 0 Å². The van der Waals surface area contributed by atoms with Crippen LogP contribution < -0.4 is 10.1 Å². The summed E-state index contributed by atoms with van der Waals surface area (Å²) in [4.78, 5) is 25.3. The zero-order chi connectivity index (χ0) is 18.7. The van der Waals surface area contributed by atoms with Crippen molar-refractivity contribution in [2.75, 3.05) is 13.1 Å². The number of hydrogen-bond donors (Lipinski definition) is 1. The van der Waals surface area contributed by atoms with Gasteiger partial charge in [0.2, 0.25) is 0 Å². The fourth-order valence-corrected chi connectivity index (χ4v) is 2.50. The maximum Gasteiger partial charge on any atom is 0.491 e. The molecular weight excluding hydrogens is 337 g/mol. The quantitative estimate of drug-likeness (QED) is 0.514. The van der Waals surface area contributed by atoms with Gasteiger partial charge in [0.05, 0.1) is 5.56 Å². The summed E-state index contributed by atoms with van der Waals surface area (Å²) in [6, 6.07) is 7.82. The minimum absolute atomic E-state index is 0.138. The summed E-state index contributed by atoms with van der Waals surface area (Å²) >= 11 is 0. The Labute approximate surface area is 143 Å². The van der Waals surface area contributed by atoms with Gasteiger partial charge in [-0.3, -0.25) is 4.79 Å². The Balaban J connectivity index is 2.12. The van der Waals surface area contributed by atoms with Crippen molar-refractivity contribution in [1.82, 2.24) is 10.2 Å². The monoisotopic (exact) mass is 354 g/mol. The van der Waals surface area contributed by atoms with Gasteiger partial charge < -0.3 is 15.0 Å². The molecule has 0 aliphatic carbocycles. The topological polar surface area (TPSA) is 58.6 Å². The second kappa shape index (κ2) is 7.05. The Morgan fingerprint density at radius 1 is 1.28 bits per heavy atom. The van der Waals surface area contributed by atoms with E-state index in [4.69, 9.17) is 6.42 Å². The highest BCUT2D eigenvalue weighted by Gasteiger charge is 2.42. The van der Waals surface area contributed by atoms with Crippen LogP contribution in [0.5, 0.6) is 5.75 Å². The molecule has 8 heteroatoms. The van der Waals surface area contributed by atoms with E-state index in [9.17, 15) is 22.8 Å². The van der Waals surface area contributed by atoms with Crippen LogP contribution >= 0.6 is 0 Å². The Hall–Kier alpha value is -2.69. The summed E-state index contributed by atoms with van der Waals surface area (Å²) in [5.41, 5.74) is -0.688. The van der Waals surface area contributed by atoms with Crippen LogP contribution in [0, 0.1) is 12.5 Å². The average molecular weight is 354 g/mol. The molecule has 1 aliphatic heterocycles. The maximum absolute atomic E-state index is 12.5. The van der Waals surface area contributed by atoms with Crippen molar-refractivity contribution in [3.8, 4) is 18.2 Å². The molecule has 5 nitrogen and oxygen atoms in total. The Morgan fingerprint density at radius 3 is 2.44 bits per heavy atom. The van der Waals surface area contributed by atoms with Crippen molar-refractivity contribution >= 4 is 11.9 Å². The molecule has 1 heterocycles. The van der Waals surface area contributed by atoms with E-state index in [0.29, 0.717) is 25.9 Å². The van der Waals surface area contributed by atoms with Crippen LogP contribution in [0.15, 0.2) is 24.3 Å². The third-order valence-corrected chi connectivity index (χ3v) is 4.03. The summed E-state index contributed by atoms with van der Waals surface area (Å²) in [7, 11) is 0. The number of amides is 1. The molecule has 1 saturated heterocycles. The first-order chi connectivity index (χ1) is 11.6. The Kier molecular flexibility index (Phi) is 5.26. The Morgan fingerprint density at radius 2 is 1.88 bits per heavy atom. The van der Waals surface area contributed by atoms with Gasteiger partial charge in [0.1, 0.15) is 5.75 Å². The molecule has 2 rings (SSSR count). The summed E-state index contributed by atoms with van der Waals surface area (Å²) in [5.74, 6) is -3.42. The first kappa shape index (κ1) is 18.6. The third-order valence-electron chi connectivity index (χ3n) is 4.03. The number of carbonyl (C=O) groups is 2. The van der Waals surface area contributed by atoms with E-state index in [1.807, 2.05) is 6.92 Å². The number of ether oxygens (including phenoxy) is 1. The average Bonchev–Trinajstić information content (AvgIpc) is 2.55. The molecule has 1 aromatic carbocycles. The number of likely N-dealkylation sites (tertiary alicyclic amines) is 1. The van der Waals surface area contributed by atoms with E-state index in [1.165, 1.54) is 18.2 Å². The number of rotatable bonds is 3. The molecule has 0 radical (unpaired) electrons. The lowest BCUT2D eigenvalue weighted by atomic mass is 9.89. The van der Waals surface area contributed by atoms with Gasteiger partial charge in [0.25, 0.3) is 5.91 Å². The number of esters is 1. The van der Waals surface area contributed by atoms with Crippen molar-refractivity contribution < 1.29 is 27.5 Å². The standard InChI is InChI=1S/C17H17F3N2O3/c1-3-22-10-8-16(2,9-11-22)21-14(23)12-6-4-5-7-13(12)25-15(24)17(18,19)20/h1,4-7H,8-11H2,2H3,(H,21,23). The molecular formula is C17H17F3N2O3. The molecule has 134 valence electrons. The van der Waals surface area contributed by atoms with E-state index < -0.39 is 29.3 Å². The molecule has 0 unspecified atom stereocenters. The predicted octanol–water partition coefficient (Wildman–Crippen LogP) is 2.33. The fourth-order valence-electron chi connectivity index (χ4n) is 2.50. The minimum atomic E-state index is -5.14. The van der Waals surface area contributed by atoms with Gasteiger partial charge >= 0.3 is 12.1 Å². The van der Waals surface area contributed by atoms with Crippen LogP contribution in [0.2, 0.25) is 0 Å². The smallest absolute Gasteiger partial charge is 0.419 e. The van der Waals surface area contributed by atoms with Gasteiger partial charge in [-0.1, -0.05) is 18.6 Å². The normalized spacial score (nSPS) is 16.7. The van der Waals surface area contributed by atoms with Crippen LogP contribution in [0.25, 0.3) is 0 Å². The zero-order valence-electron chi connectivity index (χ0n) is 13.5. The molecule has 0 bridgehead atoms. The van der Waals surface area contributed by atoms with Crippen LogP contribution in [0.3, 0.4) is 0 Å². The molecule has 1 amide bonds. The molecule has 1 N–H and O–H groups in total. The van der Waals surface area contributed by atoms with Crippen LogP contribution in [0.1, 0.15) is 30.1 Å². The lowest BCUT2D eigenvalue weighted by Gasteiger charge is -2.38. The number of hydrogen-bond acceptors (Lipinski definition) is 4. The minimum Gasteiger partial charge on any atom is -0.419 e. The van der Waals surface area contributed by atoms with Gasteiger partial charge in [-0.25, -0.2) is 4.79 Å². The largest absolute Gasteiger partial charge is 0.491 e. The first-order valence-corrected chi connectivity index (χ1v) is 7.56. The molecule has 0 spiro atoms. The number of nitrogens with one attached hydrogen (secondary N) is 1. The number of benzene rings is 1. The predicted molar refractivity (Wildman–Crippen MR) is 83.6 cm³/mol. The van der Waals surface area contributed by atoms with E-state index in [-0.39, 0.29) is 5.56 Å². The van der Waals surface area contributed by atoms with Crippen LogP contribution in [-0.2, 0) is 4.79 Å². The van der Waals surface area contributed by atoms with Gasteiger partial charge in [0.15, 0.2) is 0 Å². The van der Waals surface area contributed by atoms with Crippen molar-refractivity contribution in [1.29, 1.82) is 0 Å². The van der Waals surface area contributed by atoms with Crippen molar-refractivity contribution in [2.24, 2.45) is 0 Å². The second-order valence-corrected chi connectivity index (χ2v) is 6.01. The molecule has 1 aliphatic rings. The SMILES string of the molecule is C#CN1CCC(C)(NC(=O)c2ccccc2OC(=O)C(F)(F)F)CC1. The highest BCUT2D eigenvalue weighted by Crippen LogP contribution is 2.26. The molecule has 1 fully saturated rings. The van der Waals surface area contributed by atoms with Gasteiger partial charge in [0, 0.05) is 24.7 Å². The summed E-state index contributed by atoms with van der Waals surface area (Å²) in [5, 5.41) is 2.80. The van der Waals surface area contributed by atoms with Crippen LogP contribution in [-0.4, -0.2) is 41.6 Å². The maximum atomic E-state index is 12.5. The number of terminal acetylenes is 1. The van der Waals surface area contributed by atoms with Crippen LogP contribution in [0.4, 0.5) is 13.2 Å². The summed E-state index contributed by atoms with van der Waals surface area (Å²) in [6.45, 7) is 3.03. The first-order valence-electron chi connectivity index (χ1n) is 7.56. The highest BCUT2D eigenvalue weighted by atomic mass is 19.4. The molecule has 0 aromatic heterocycles. The van der Waals surface area contributed by atoms with E-state index in [2.05, 4.69) is 16.1 Å². The molecule has 0 saturated carbocycles. The Bertz CT molecular complexity index is 702. The number of carbonyl (C=O) groups excluding carboxylic acids is 2. The highest BCUT2D eigenvalue weighted by molar-refractivity contribution is 5.98. The van der Waals surface area contributed by atoms with E-state index in [1.54, 1.807) is 4.90 Å².